The third kappa shape index (κ3) is 2.35. The Labute approximate surface area is 93.2 Å². The molecule has 0 saturated carbocycles. The Kier molecular flexibility index (Phi) is 3.33. The molecule has 2 fully saturated rings. The first kappa shape index (κ1) is 11.4. The van der Waals surface area contributed by atoms with Crippen molar-refractivity contribution in [3.05, 3.63) is 0 Å². The van der Waals surface area contributed by atoms with Gasteiger partial charge in [-0.05, 0) is 32.7 Å². The molecule has 88 valence electrons. The van der Waals surface area contributed by atoms with Crippen LogP contribution >= 0.6 is 0 Å². The van der Waals surface area contributed by atoms with Crippen molar-refractivity contribution in [1.82, 2.24) is 10.2 Å². The van der Waals surface area contributed by atoms with E-state index in [1.54, 1.807) is 0 Å². The number of nitrogens with one attached hydrogen (secondary N) is 1. The Morgan fingerprint density at radius 1 is 1.40 bits per heavy atom. The Bertz CT molecular complexity index is 218. The minimum atomic E-state index is 0.205. The van der Waals surface area contributed by atoms with Gasteiger partial charge in [0.15, 0.2) is 0 Å². The number of hydrogen-bond acceptors (Lipinski definition) is 3. The van der Waals surface area contributed by atoms with E-state index in [0.717, 1.165) is 32.2 Å². The van der Waals surface area contributed by atoms with E-state index in [0.29, 0.717) is 6.04 Å². The molecule has 0 radical (unpaired) electrons. The highest BCUT2D eigenvalue weighted by atomic mass is 16.5. The van der Waals surface area contributed by atoms with Crippen molar-refractivity contribution in [3.63, 3.8) is 0 Å². The number of piperidine rings is 1. The van der Waals surface area contributed by atoms with E-state index in [9.17, 15) is 0 Å². The highest BCUT2D eigenvalue weighted by Gasteiger charge is 2.38. The first-order chi connectivity index (χ1) is 7.11. The molecule has 2 atom stereocenters. The molecule has 15 heavy (non-hydrogen) atoms. The molecule has 0 amide bonds. The SMILES string of the molecule is CC1CCNCC1N1CCOCC1(C)C. The van der Waals surface area contributed by atoms with Crippen molar-refractivity contribution in [2.24, 2.45) is 5.92 Å². The fourth-order valence-electron chi connectivity index (χ4n) is 2.88. The first-order valence-corrected chi connectivity index (χ1v) is 6.16. The van der Waals surface area contributed by atoms with E-state index in [2.05, 4.69) is 31.0 Å². The van der Waals surface area contributed by atoms with Gasteiger partial charge in [-0.15, -0.1) is 0 Å². The molecule has 0 bridgehead atoms. The molecule has 3 heteroatoms. The lowest BCUT2D eigenvalue weighted by Crippen LogP contribution is -2.62. The van der Waals surface area contributed by atoms with Crippen LogP contribution in [0.4, 0.5) is 0 Å². The van der Waals surface area contributed by atoms with Crippen molar-refractivity contribution in [1.29, 1.82) is 0 Å². The van der Waals surface area contributed by atoms with Crippen LogP contribution in [0.25, 0.3) is 0 Å². The van der Waals surface area contributed by atoms with E-state index >= 15 is 0 Å². The van der Waals surface area contributed by atoms with Crippen molar-refractivity contribution in [2.45, 2.75) is 38.8 Å². The largest absolute Gasteiger partial charge is 0.378 e. The lowest BCUT2D eigenvalue weighted by Gasteiger charge is -2.49. The Morgan fingerprint density at radius 3 is 2.87 bits per heavy atom. The molecule has 2 unspecified atom stereocenters. The van der Waals surface area contributed by atoms with Gasteiger partial charge in [-0.1, -0.05) is 6.92 Å². The summed E-state index contributed by atoms with van der Waals surface area (Å²) in [5, 5.41) is 3.52. The average Bonchev–Trinajstić information content (AvgIpc) is 2.19. The van der Waals surface area contributed by atoms with Crippen molar-refractivity contribution in [2.75, 3.05) is 32.8 Å². The van der Waals surface area contributed by atoms with Crippen LogP contribution in [0.5, 0.6) is 0 Å². The fraction of sp³-hybridized carbons (Fsp3) is 1.00. The van der Waals surface area contributed by atoms with Crippen LogP contribution in [0.15, 0.2) is 0 Å². The zero-order valence-corrected chi connectivity index (χ0v) is 10.3. The van der Waals surface area contributed by atoms with Gasteiger partial charge in [0.1, 0.15) is 0 Å². The summed E-state index contributed by atoms with van der Waals surface area (Å²) < 4.78 is 5.58. The predicted molar refractivity (Wildman–Crippen MR) is 62.0 cm³/mol. The van der Waals surface area contributed by atoms with E-state index in [-0.39, 0.29) is 5.54 Å². The summed E-state index contributed by atoms with van der Waals surface area (Å²) in [5.74, 6) is 0.809. The van der Waals surface area contributed by atoms with Crippen molar-refractivity contribution < 1.29 is 4.74 Å². The van der Waals surface area contributed by atoms with E-state index in [1.807, 2.05) is 0 Å². The van der Waals surface area contributed by atoms with Crippen LogP contribution in [-0.4, -0.2) is 49.3 Å². The van der Waals surface area contributed by atoms with E-state index in [4.69, 9.17) is 4.74 Å². The molecule has 0 aromatic carbocycles. The van der Waals surface area contributed by atoms with Crippen LogP contribution in [0.3, 0.4) is 0 Å². The van der Waals surface area contributed by atoms with Crippen molar-refractivity contribution >= 4 is 0 Å². The maximum atomic E-state index is 5.58. The summed E-state index contributed by atoms with van der Waals surface area (Å²) in [6.45, 7) is 12.2. The van der Waals surface area contributed by atoms with Crippen LogP contribution in [-0.2, 0) is 4.74 Å². The van der Waals surface area contributed by atoms with Gasteiger partial charge >= 0.3 is 0 Å². The minimum Gasteiger partial charge on any atom is -0.378 e. The smallest absolute Gasteiger partial charge is 0.0645 e. The lowest BCUT2D eigenvalue weighted by molar-refractivity contribution is -0.0848. The Morgan fingerprint density at radius 2 is 2.20 bits per heavy atom. The highest BCUT2D eigenvalue weighted by molar-refractivity contribution is 4.93. The molecule has 2 saturated heterocycles. The molecule has 0 spiro atoms. The molecule has 3 nitrogen and oxygen atoms in total. The zero-order chi connectivity index (χ0) is 10.9. The third-order valence-electron chi connectivity index (χ3n) is 3.90. The number of morpholine rings is 1. The zero-order valence-electron chi connectivity index (χ0n) is 10.3. The molecular weight excluding hydrogens is 188 g/mol. The van der Waals surface area contributed by atoms with Gasteiger partial charge in [-0.3, -0.25) is 4.90 Å². The normalized spacial score (nSPS) is 37.8. The molecule has 0 aromatic rings. The summed E-state index contributed by atoms with van der Waals surface area (Å²) in [5.41, 5.74) is 0.205. The first-order valence-electron chi connectivity index (χ1n) is 6.16. The van der Waals surface area contributed by atoms with E-state index in [1.165, 1.54) is 13.0 Å². The van der Waals surface area contributed by atoms with Gasteiger partial charge in [0.2, 0.25) is 0 Å². The summed E-state index contributed by atoms with van der Waals surface area (Å²) in [4.78, 5) is 2.65. The van der Waals surface area contributed by atoms with Gasteiger partial charge in [0.05, 0.1) is 13.2 Å². The minimum absolute atomic E-state index is 0.205. The summed E-state index contributed by atoms with van der Waals surface area (Å²) in [6, 6.07) is 0.692. The fourth-order valence-corrected chi connectivity index (χ4v) is 2.88. The van der Waals surface area contributed by atoms with Crippen LogP contribution in [0, 0.1) is 5.92 Å². The second-order valence-electron chi connectivity index (χ2n) is 5.60. The standard InChI is InChI=1S/C12H24N2O/c1-10-4-5-13-8-11(10)14-6-7-15-9-12(14,2)3/h10-11,13H,4-9H2,1-3H3. The summed E-state index contributed by atoms with van der Waals surface area (Å²) in [6.07, 6.45) is 1.30. The maximum Gasteiger partial charge on any atom is 0.0645 e. The van der Waals surface area contributed by atoms with Crippen LogP contribution in [0.1, 0.15) is 27.2 Å². The van der Waals surface area contributed by atoms with E-state index < -0.39 is 0 Å². The number of hydrogen-bond donors (Lipinski definition) is 1. The quantitative estimate of drug-likeness (QED) is 0.704. The van der Waals surface area contributed by atoms with Gasteiger partial charge in [-0.25, -0.2) is 0 Å². The average molecular weight is 212 g/mol. The maximum absolute atomic E-state index is 5.58. The van der Waals surface area contributed by atoms with Crippen molar-refractivity contribution in [3.8, 4) is 0 Å². The lowest BCUT2D eigenvalue weighted by atomic mass is 9.89. The van der Waals surface area contributed by atoms with Gasteiger partial charge < -0.3 is 10.1 Å². The second-order valence-corrected chi connectivity index (χ2v) is 5.60. The molecule has 2 aliphatic heterocycles. The Hall–Kier alpha value is -0.120. The molecule has 1 N–H and O–H groups in total. The summed E-state index contributed by atoms with van der Waals surface area (Å²) in [7, 11) is 0. The van der Waals surface area contributed by atoms with Gasteiger partial charge in [0.25, 0.3) is 0 Å². The second kappa shape index (κ2) is 4.40. The topological polar surface area (TPSA) is 24.5 Å². The Balaban J connectivity index is 2.06. The summed E-state index contributed by atoms with van der Waals surface area (Å²) >= 11 is 0. The molecular formula is C12H24N2O. The molecule has 2 rings (SSSR count). The number of ether oxygens (including phenoxy) is 1. The molecule has 0 aromatic heterocycles. The van der Waals surface area contributed by atoms with Crippen LogP contribution in [0.2, 0.25) is 0 Å². The third-order valence-corrected chi connectivity index (χ3v) is 3.90. The monoisotopic (exact) mass is 212 g/mol. The predicted octanol–water partition coefficient (Wildman–Crippen LogP) is 1.10. The van der Waals surface area contributed by atoms with Crippen LogP contribution < -0.4 is 5.32 Å². The number of rotatable bonds is 1. The highest BCUT2D eigenvalue weighted by Crippen LogP contribution is 2.27. The molecule has 2 aliphatic rings. The van der Waals surface area contributed by atoms with Gasteiger partial charge in [0, 0.05) is 24.7 Å². The van der Waals surface area contributed by atoms with Gasteiger partial charge in [-0.2, -0.15) is 0 Å². The number of nitrogens with zero attached hydrogens (tertiary/aromatic N) is 1. The molecule has 0 aliphatic carbocycles. The molecule has 2 heterocycles.